The molecule has 106 valence electrons. The van der Waals surface area contributed by atoms with Gasteiger partial charge in [0.1, 0.15) is 0 Å². The molecule has 1 fully saturated rings. The number of aromatic nitrogens is 1. The van der Waals surface area contributed by atoms with E-state index in [0.717, 1.165) is 30.6 Å². The Morgan fingerprint density at radius 2 is 2.00 bits per heavy atom. The summed E-state index contributed by atoms with van der Waals surface area (Å²) in [7, 11) is 0. The number of anilines is 1. The molecule has 19 heavy (non-hydrogen) atoms. The third kappa shape index (κ3) is 3.47. The van der Waals surface area contributed by atoms with E-state index in [1.165, 1.54) is 18.5 Å². The molecule has 0 aliphatic carbocycles. The SMILES string of the molecule is CCC(O)c1ccc(N2CCC(C(C)C)CC2)cn1. The van der Waals surface area contributed by atoms with Crippen molar-refractivity contribution < 1.29 is 5.11 Å². The number of pyridine rings is 1. The molecule has 2 heterocycles. The number of nitrogens with zero attached hydrogens (tertiary/aromatic N) is 2. The average Bonchev–Trinajstić information content (AvgIpc) is 2.46. The van der Waals surface area contributed by atoms with Crippen LogP contribution in [0.2, 0.25) is 0 Å². The molecule has 3 heteroatoms. The van der Waals surface area contributed by atoms with Crippen LogP contribution in [0.5, 0.6) is 0 Å². The van der Waals surface area contributed by atoms with Crippen molar-refractivity contribution in [2.75, 3.05) is 18.0 Å². The molecule has 1 N–H and O–H groups in total. The highest BCUT2D eigenvalue weighted by molar-refractivity contribution is 5.45. The van der Waals surface area contributed by atoms with Gasteiger partial charge in [0.25, 0.3) is 0 Å². The van der Waals surface area contributed by atoms with Crippen LogP contribution in [-0.2, 0) is 0 Å². The van der Waals surface area contributed by atoms with Crippen molar-refractivity contribution in [3.05, 3.63) is 24.0 Å². The van der Waals surface area contributed by atoms with Gasteiger partial charge in [0.2, 0.25) is 0 Å². The van der Waals surface area contributed by atoms with Crippen LogP contribution in [-0.4, -0.2) is 23.2 Å². The van der Waals surface area contributed by atoms with Gasteiger partial charge >= 0.3 is 0 Å². The first-order chi connectivity index (χ1) is 9.11. The molecule has 1 aliphatic rings. The molecule has 1 unspecified atom stereocenters. The number of rotatable bonds is 4. The molecule has 0 amide bonds. The minimum atomic E-state index is -0.430. The zero-order valence-electron chi connectivity index (χ0n) is 12.3. The Kier molecular flexibility index (Phi) is 4.81. The van der Waals surface area contributed by atoms with Gasteiger partial charge in [0, 0.05) is 13.1 Å². The molecule has 0 saturated carbocycles. The summed E-state index contributed by atoms with van der Waals surface area (Å²) in [6, 6.07) is 4.05. The number of aliphatic hydroxyl groups is 1. The molecule has 1 saturated heterocycles. The smallest absolute Gasteiger partial charge is 0.0957 e. The second-order valence-corrected chi connectivity index (χ2v) is 5.93. The maximum Gasteiger partial charge on any atom is 0.0957 e. The van der Waals surface area contributed by atoms with Gasteiger partial charge < -0.3 is 10.0 Å². The molecule has 1 aromatic rings. The molecule has 3 nitrogen and oxygen atoms in total. The molecule has 0 bridgehead atoms. The Bertz CT molecular complexity index is 380. The minimum Gasteiger partial charge on any atom is -0.387 e. The number of hydrogen-bond acceptors (Lipinski definition) is 3. The van der Waals surface area contributed by atoms with Gasteiger partial charge in [-0.2, -0.15) is 0 Å². The van der Waals surface area contributed by atoms with Crippen LogP contribution in [0.15, 0.2) is 18.3 Å². The Balaban J connectivity index is 1.96. The van der Waals surface area contributed by atoms with Gasteiger partial charge in [-0.25, -0.2) is 0 Å². The van der Waals surface area contributed by atoms with E-state index in [-0.39, 0.29) is 0 Å². The third-order valence-electron chi connectivity index (χ3n) is 4.35. The van der Waals surface area contributed by atoms with Crippen molar-refractivity contribution in [2.45, 2.75) is 46.1 Å². The summed E-state index contributed by atoms with van der Waals surface area (Å²) < 4.78 is 0. The van der Waals surface area contributed by atoms with Crippen molar-refractivity contribution in [1.29, 1.82) is 0 Å². The largest absolute Gasteiger partial charge is 0.387 e. The van der Waals surface area contributed by atoms with Gasteiger partial charge in [-0.3, -0.25) is 4.98 Å². The lowest BCUT2D eigenvalue weighted by atomic mass is 9.86. The van der Waals surface area contributed by atoms with Crippen molar-refractivity contribution in [3.8, 4) is 0 Å². The molecule has 0 aromatic carbocycles. The fourth-order valence-electron chi connectivity index (χ4n) is 2.82. The Morgan fingerprint density at radius 1 is 1.32 bits per heavy atom. The summed E-state index contributed by atoms with van der Waals surface area (Å²) >= 11 is 0. The van der Waals surface area contributed by atoms with Gasteiger partial charge in [-0.1, -0.05) is 20.8 Å². The Labute approximate surface area is 116 Å². The van der Waals surface area contributed by atoms with Gasteiger partial charge in [0.05, 0.1) is 23.7 Å². The van der Waals surface area contributed by atoms with E-state index in [1.807, 2.05) is 19.2 Å². The maximum absolute atomic E-state index is 9.75. The molecule has 1 aliphatic heterocycles. The second-order valence-electron chi connectivity index (χ2n) is 5.93. The normalized spacial score (nSPS) is 18.9. The van der Waals surface area contributed by atoms with Crippen LogP contribution >= 0.6 is 0 Å². The third-order valence-corrected chi connectivity index (χ3v) is 4.35. The summed E-state index contributed by atoms with van der Waals surface area (Å²) in [4.78, 5) is 6.80. The summed E-state index contributed by atoms with van der Waals surface area (Å²) in [5.41, 5.74) is 1.97. The number of piperidine rings is 1. The summed E-state index contributed by atoms with van der Waals surface area (Å²) in [5.74, 6) is 1.66. The van der Waals surface area contributed by atoms with Gasteiger partial charge in [-0.05, 0) is 43.2 Å². The van der Waals surface area contributed by atoms with Gasteiger partial charge in [0.15, 0.2) is 0 Å². The predicted molar refractivity (Wildman–Crippen MR) is 79.3 cm³/mol. The van der Waals surface area contributed by atoms with Crippen LogP contribution in [0.3, 0.4) is 0 Å². The van der Waals surface area contributed by atoms with Crippen LogP contribution in [0, 0.1) is 11.8 Å². The molecule has 0 radical (unpaired) electrons. The Hall–Kier alpha value is -1.09. The van der Waals surface area contributed by atoms with Crippen LogP contribution < -0.4 is 4.90 Å². The van der Waals surface area contributed by atoms with Crippen LogP contribution in [0.4, 0.5) is 5.69 Å². The number of hydrogen-bond donors (Lipinski definition) is 1. The highest BCUT2D eigenvalue weighted by atomic mass is 16.3. The topological polar surface area (TPSA) is 36.4 Å². The van der Waals surface area contributed by atoms with Crippen molar-refractivity contribution >= 4 is 5.69 Å². The monoisotopic (exact) mass is 262 g/mol. The Morgan fingerprint density at radius 3 is 2.47 bits per heavy atom. The lowest BCUT2D eigenvalue weighted by molar-refractivity contribution is 0.169. The second kappa shape index (κ2) is 6.38. The lowest BCUT2D eigenvalue weighted by Gasteiger charge is -2.35. The zero-order chi connectivity index (χ0) is 13.8. The highest BCUT2D eigenvalue weighted by Gasteiger charge is 2.21. The number of aliphatic hydroxyl groups excluding tert-OH is 1. The fraction of sp³-hybridized carbons (Fsp3) is 0.688. The van der Waals surface area contributed by atoms with E-state index in [0.29, 0.717) is 6.42 Å². The van der Waals surface area contributed by atoms with Gasteiger partial charge in [-0.15, -0.1) is 0 Å². The first kappa shape index (κ1) is 14.3. The summed E-state index contributed by atoms with van der Waals surface area (Å²) in [6.45, 7) is 8.86. The molecular weight excluding hydrogens is 236 g/mol. The van der Waals surface area contributed by atoms with E-state index in [9.17, 15) is 5.11 Å². The quantitative estimate of drug-likeness (QED) is 0.903. The predicted octanol–water partition coefficient (Wildman–Crippen LogP) is 3.40. The molecule has 2 rings (SSSR count). The summed E-state index contributed by atoms with van der Waals surface area (Å²) in [5, 5.41) is 9.75. The first-order valence-corrected chi connectivity index (χ1v) is 7.50. The molecular formula is C16H26N2O. The van der Waals surface area contributed by atoms with E-state index >= 15 is 0 Å². The standard InChI is InChI=1S/C16H26N2O/c1-4-16(19)15-6-5-14(11-17-15)18-9-7-13(8-10-18)12(2)3/h5-6,11-13,16,19H,4,7-10H2,1-3H3. The lowest BCUT2D eigenvalue weighted by Crippen LogP contribution is -2.35. The van der Waals surface area contributed by atoms with E-state index in [4.69, 9.17) is 0 Å². The van der Waals surface area contributed by atoms with E-state index in [2.05, 4.69) is 29.8 Å². The van der Waals surface area contributed by atoms with E-state index in [1.54, 1.807) is 0 Å². The zero-order valence-corrected chi connectivity index (χ0v) is 12.3. The maximum atomic E-state index is 9.75. The summed E-state index contributed by atoms with van der Waals surface area (Å²) in [6.07, 6.45) is 4.74. The highest BCUT2D eigenvalue weighted by Crippen LogP contribution is 2.28. The van der Waals surface area contributed by atoms with Crippen molar-refractivity contribution in [2.24, 2.45) is 11.8 Å². The van der Waals surface area contributed by atoms with Crippen molar-refractivity contribution in [3.63, 3.8) is 0 Å². The van der Waals surface area contributed by atoms with E-state index < -0.39 is 6.10 Å². The van der Waals surface area contributed by atoms with Crippen LogP contribution in [0.25, 0.3) is 0 Å². The fourth-order valence-corrected chi connectivity index (χ4v) is 2.82. The first-order valence-electron chi connectivity index (χ1n) is 7.50. The van der Waals surface area contributed by atoms with Crippen molar-refractivity contribution in [1.82, 2.24) is 4.98 Å². The molecule has 1 aromatic heterocycles. The minimum absolute atomic E-state index is 0.430. The molecule has 1 atom stereocenters. The average molecular weight is 262 g/mol. The van der Waals surface area contributed by atoms with Crippen LogP contribution in [0.1, 0.15) is 51.8 Å². The molecule has 0 spiro atoms.